The lowest BCUT2D eigenvalue weighted by Gasteiger charge is -2.18. The minimum absolute atomic E-state index is 0.711. The number of allylic oxidation sites excluding steroid dienone is 5. The SMILES string of the molecule is C=C(/C=C\C(=C)C1=CCC(C)CC1)CCNS(=O)CCC.CC.CC.CC. The van der Waals surface area contributed by atoms with Crippen molar-refractivity contribution in [2.24, 2.45) is 5.92 Å². The Labute approximate surface area is 173 Å². The van der Waals surface area contributed by atoms with E-state index in [-0.39, 0.29) is 0 Å². The molecular weight excluding hydrogens is 350 g/mol. The molecule has 27 heavy (non-hydrogen) atoms. The summed E-state index contributed by atoms with van der Waals surface area (Å²) >= 11 is 0. The van der Waals surface area contributed by atoms with Gasteiger partial charge in [-0.3, -0.25) is 0 Å². The highest BCUT2D eigenvalue weighted by atomic mass is 32.2. The molecular formula is C24H47NOS. The molecule has 1 rings (SSSR count). The zero-order chi connectivity index (χ0) is 21.7. The van der Waals surface area contributed by atoms with Crippen LogP contribution in [0.15, 0.2) is 48.1 Å². The second-order valence-electron chi connectivity index (χ2n) is 5.82. The number of hydrogen-bond donors (Lipinski definition) is 1. The molecule has 0 aromatic heterocycles. The first-order chi connectivity index (χ1) is 13.0. The first-order valence-corrected chi connectivity index (χ1v) is 12.2. The van der Waals surface area contributed by atoms with Gasteiger partial charge in [0, 0.05) is 12.3 Å². The van der Waals surface area contributed by atoms with Crippen LogP contribution in [0.25, 0.3) is 0 Å². The fourth-order valence-electron chi connectivity index (χ4n) is 2.25. The Bertz CT molecular complexity index is 449. The first-order valence-electron chi connectivity index (χ1n) is 10.9. The highest BCUT2D eigenvalue weighted by Crippen LogP contribution is 2.27. The van der Waals surface area contributed by atoms with Crippen LogP contribution in [-0.4, -0.2) is 16.5 Å². The van der Waals surface area contributed by atoms with Crippen LogP contribution in [0.5, 0.6) is 0 Å². The monoisotopic (exact) mass is 397 g/mol. The third-order valence-corrected chi connectivity index (χ3v) is 5.01. The van der Waals surface area contributed by atoms with Gasteiger partial charge in [-0.15, -0.1) is 0 Å². The minimum atomic E-state index is -0.898. The Balaban J connectivity index is -0.000000869. The molecule has 2 atom stereocenters. The van der Waals surface area contributed by atoms with E-state index in [1.165, 1.54) is 12.0 Å². The van der Waals surface area contributed by atoms with Crippen molar-refractivity contribution in [1.29, 1.82) is 0 Å². The van der Waals surface area contributed by atoms with E-state index in [1.807, 2.05) is 54.5 Å². The van der Waals surface area contributed by atoms with Crippen molar-refractivity contribution in [3.05, 3.63) is 48.1 Å². The maximum absolute atomic E-state index is 11.5. The Morgan fingerprint density at radius 3 is 2.26 bits per heavy atom. The zero-order valence-electron chi connectivity index (χ0n) is 19.5. The van der Waals surface area contributed by atoms with E-state index >= 15 is 0 Å². The number of nitrogens with one attached hydrogen (secondary N) is 1. The maximum Gasteiger partial charge on any atom is 0.0915 e. The summed E-state index contributed by atoms with van der Waals surface area (Å²) in [5.74, 6) is 1.52. The Morgan fingerprint density at radius 2 is 1.78 bits per heavy atom. The molecule has 2 nitrogen and oxygen atoms in total. The summed E-state index contributed by atoms with van der Waals surface area (Å²) in [4.78, 5) is 0. The molecule has 0 aromatic carbocycles. The van der Waals surface area contributed by atoms with Gasteiger partial charge in [-0.25, -0.2) is 8.93 Å². The maximum atomic E-state index is 11.5. The van der Waals surface area contributed by atoms with Gasteiger partial charge in [-0.1, -0.05) is 92.3 Å². The van der Waals surface area contributed by atoms with E-state index in [1.54, 1.807) is 0 Å². The zero-order valence-corrected chi connectivity index (χ0v) is 20.3. The second-order valence-corrected chi connectivity index (χ2v) is 7.21. The van der Waals surface area contributed by atoms with Crippen molar-refractivity contribution < 1.29 is 4.21 Å². The van der Waals surface area contributed by atoms with Crippen LogP contribution in [0.1, 0.15) is 87.5 Å². The van der Waals surface area contributed by atoms with Crippen molar-refractivity contribution in [3.63, 3.8) is 0 Å². The van der Waals surface area contributed by atoms with E-state index in [2.05, 4.69) is 37.0 Å². The standard InChI is InChI=1S/C18H29NOS.3C2H6/c1-5-14-21(20)19-13-12-16(3)6-9-17(4)18-10-7-15(2)8-11-18;3*1-2/h6,9-10,15,19H,3-5,7-8,11-14H2,1-2H3;3*1-2H3/b9-6-;;;. The topological polar surface area (TPSA) is 29.1 Å². The summed E-state index contributed by atoms with van der Waals surface area (Å²) in [5.41, 5.74) is 3.52. The molecule has 160 valence electrons. The van der Waals surface area contributed by atoms with Gasteiger partial charge in [0.05, 0.1) is 11.0 Å². The van der Waals surface area contributed by atoms with Crippen LogP contribution in [0.2, 0.25) is 0 Å². The van der Waals surface area contributed by atoms with Gasteiger partial charge in [0.25, 0.3) is 0 Å². The summed E-state index contributed by atoms with van der Waals surface area (Å²) in [6.45, 7) is 25.2. The van der Waals surface area contributed by atoms with Gasteiger partial charge in [-0.2, -0.15) is 0 Å². The van der Waals surface area contributed by atoms with Crippen LogP contribution < -0.4 is 4.72 Å². The van der Waals surface area contributed by atoms with Crippen LogP contribution in [0.4, 0.5) is 0 Å². The molecule has 0 saturated heterocycles. The van der Waals surface area contributed by atoms with Crippen LogP contribution in [0.3, 0.4) is 0 Å². The predicted octanol–water partition coefficient (Wildman–Crippen LogP) is 7.53. The van der Waals surface area contributed by atoms with E-state index < -0.39 is 11.0 Å². The molecule has 0 spiro atoms. The van der Waals surface area contributed by atoms with Gasteiger partial charge < -0.3 is 0 Å². The molecule has 0 fully saturated rings. The molecule has 0 aromatic rings. The van der Waals surface area contributed by atoms with Gasteiger partial charge >= 0.3 is 0 Å². The Hall–Kier alpha value is -0.930. The van der Waals surface area contributed by atoms with E-state index in [0.717, 1.165) is 42.7 Å². The fraction of sp³-hybridized carbons (Fsp3) is 0.667. The summed E-state index contributed by atoms with van der Waals surface area (Å²) in [6.07, 6.45) is 11.7. The highest BCUT2D eigenvalue weighted by molar-refractivity contribution is 7.83. The lowest BCUT2D eigenvalue weighted by Crippen LogP contribution is -2.20. The first kappa shape index (κ1) is 30.8. The third kappa shape index (κ3) is 18.2. The summed E-state index contributed by atoms with van der Waals surface area (Å²) < 4.78 is 14.5. The molecule has 1 aliphatic rings. The highest BCUT2D eigenvalue weighted by Gasteiger charge is 2.10. The molecule has 0 bridgehead atoms. The third-order valence-electron chi connectivity index (χ3n) is 3.70. The van der Waals surface area contributed by atoms with Crippen molar-refractivity contribution in [1.82, 2.24) is 4.72 Å². The largest absolute Gasteiger partial charge is 0.243 e. The molecule has 0 saturated carbocycles. The molecule has 3 heteroatoms. The van der Waals surface area contributed by atoms with Crippen LogP contribution in [0, 0.1) is 5.92 Å². The molecule has 0 amide bonds. The normalized spacial score (nSPS) is 16.4. The minimum Gasteiger partial charge on any atom is -0.243 e. The predicted molar refractivity (Wildman–Crippen MR) is 128 cm³/mol. The summed E-state index contributed by atoms with van der Waals surface area (Å²) in [5, 5.41) is 0. The van der Waals surface area contributed by atoms with Crippen molar-refractivity contribution >= 4 is 11.0 Å². The lowest BCUT2D eigenvalue weighted by molar-refractivity contribution is 0.517. The van der Waals surface area contributed by atoms with Crippen LogP contribution >= 0.6 is 0 Å². The molecule has 1 N–H and O–H groups in total. The van der Waals surface area contributed by atoms with E-state index in [9.17, 15) is 4.21 Å². The van der Waals surface area contributed by atoms with E-state index in [4.69, 9.17) is 0 Å². The Kier molecular flexibility index (Phi) is 26.4. The van der Waals surface area contributed by atoms with Gasteiger partial charge in [0.2, 0.25) is 0 Å². The van der Waals surface area contributed by atoms with Gasteiger partial charge in [0.1, 0.15) is 0 Å². The smallest absolute Gasteiger partial charge is 0.0915 e. The lowest BCUT2D eigenvalue weighted by atomic mass is 9.88. The van der Waals surface area contributed by atoms with Crippen molar-refractivity contribution in [2.45, 2.75) is 87.5 Å². The number of hydrogen-bond acceptors (Lipinski definition) is 1. The van der Waals surface area contributed by atoms with Gasteiger partial charge in [-0.05, 0) is 49.2 Å². The fourth-order valence-corrected chi connectivity index (χ4v) is 3.09. The van der Waals surface area contributed by atoms with E-state index in [0.29, 0.717) is 12.3 Å². The van der Waals surface area contributed by atoms with Crippen molar-refractivity contribution in [2.75, 3.05) is 12.3 Å². The molecule has 0 radical (unpaired) electrons. The molecule has 0 heterocycles. The number of rotatable bonds is 9. The summed E-state index contributed by atoms with van der Waals surface area (Å²) in [6, 6.07) is 0. The van der Waals surface area contributed by atoms with Crippen molar-refractivity contribution in [3.8, 4) is 0 Å². The van der Waals surface area contributed by atoms with Gasteiger partial charge in [0.15, 0.2) is 0 Å². The average molecular weight is 398 g/mol. The Morgan fingerprint density at radius 1 is 1.19 bits per heavy atom. The summed E-state index contributed by atoms with van der Waals surface area (Å²) in [7, 11) is -0.898. The van der Waals surface area contributed by atoms with Crippen LogP contribution in [-0.2, 0) is 11.0 Å². The average Bonchev–Trinajstić information content (AvgIpc) is 2.71. The second kappa shape index (κ2) is 23.1. The quantitative estimate of drug-likeness (QED) is 0.400. The molecule has 2 unspecified atom stereocenters. The molecule has 1 aliphatic carbocycles. The molecule has 0 aliphatic heterocycles.